The zero-order chi connectivity index (χ0) is 16.3. The first-order valence-electron chi connectivity index (χ1n) is 7.74. The highest BCUT2D eigenvalue weighted by molar-refractivity contribution is 7.92. The van der Waals surface area contributed by atoms with E-state index in [0.29, 0.717) is 11.6 Å². The maximum absolute atomic E-state index is 11.2. The van der Waals surface area contributed by atoms with Crippen molar-refractivity contribution in [3.05, 3.63) is 54.4 Å². The number of aromatic nitrogens is 1. The van der Waals surface area contributed by atoms with E-state index in [2.05, 4.69) is 14.6 Å². The van der Waals surface area contributed by atoms with E-state index in [1.54, 1.807) is 0 Å². The Morgan fingerprint density at radius 3 is 2.22 bits per heavy atom. The number of pyridine rings is 1. The maximum atomic E-state index is 11.2. The lowest BCUT2D eigenvalue weighted by Crippen LogP contribution is -2.32. The van der Waals surface area contributed by atoms with E-state index in [1.807, 2.05) is 48.8 Å². The molecule has 0 aliphatic carbocycles. The van der Waals surface area contributed by atoms with Crippen molar-refractivity contribution in [2.45, 2.75) is 18.8 Å². The largest absolute Gasteiger partial charge is 0.371 e. The van der Waals surface area contributed by atoms with Crippen LogP contribution in [-0.4, -0.2) is 32.7 Å². The molecular formula is C17H21N3O2S. The Balaban J connectivity index is 1.61. The van der Waals surface area contributed by atoms with Crippen LogP contribution in [0.15, 0.2) is 48.8 Å². The first-order chi connectivity index (χ1) is 11.0. The number of hydrogen-bond acceptors (Lipinski definition) is 4. The molecule has 23 heavy (non-hydrogen) atoms. The molecule has 0 saturated carbocycles. The van der Waals surface area contributed by atoms with Crippen LogP contribution < -0.4 is 9.62 Å². The third-order valence-corrected chi connectivity index (χ3v) is 4.81. The van der Waals surface area contributed by atoms with Gasteiger partial charge in [-0.2, -0.15) is 0 Å². The quantitative estimate of drug-likeness (QED) is 0.936. The number of sulfonamides is 1. The molecule has 0 unspecified atom stereocenters. The molecule has 6 heteroatoms. The van der Waals surface area contributed by atoms with E-state index < -0.39 is 10.0 Å². The van der Waals surface area contributed by atoms with Crippen LogP contribution >= 0.6 is 0 Å². The summed E-state index contributed by atoms with van der Waals surface area (Å²) in [6.45, 7) is 2.05. The Hall–Kier alpha value is -2.08. The molecule has 3 rings (SSSR count). The molecule has 122 valence electrons. The van der Waals surface area contributed by atoms with E-state index in [9.17, 15) is 8.42 Å². The van der Waals surface area contributed by atoms with Gasteiger partial charge in [0.2, 0.25) is 10.0 Å². The van der Waals surface area contributed by atoms with E-state index in [1.165, 1.54) is 11.3 Å². The minimum absolute atomic E-state index is 0.528. The van der Waals surface area contributed by atoms with Crippen molar-refractivity contribution in [1.29, 1.82) is 0 Å². The number of hydrogen-bond donors (Lipinski definition) is 1. The summed E-state index contributed by atoms with van der Waals surface area (Å²) in [5, 5.41) is 0. The van der Waals surface area contributed by atoms with Gasteiger partial charge in [-0.15, -0.1) is 0 Å². The molecule has 1 N–H and O–H groups in total. The van der Waals surface area contributed by atoms with Gasteiger partial charge >= 0.3 is 0 Å². The summed E-state index contributed by atoms with van der Waals surface area (Å²) < 4.78 is 25.0. The molecule has 5 nitrogen and oxygen atoms in total. The standard InChI is InChI=1S/C17H21N3O2S/c1-23(21,22)19-16-4-2-14(3-5-16)15-8-12-20(13-9-15)17-6-10-18-11-7-17/h2-7,10-11,15,19H,8-9,12-13H2,1H3. The first-order valence-corrected chi connectivity index (χ1v) is 9.63. The van der Waals surface area contributed by atoms with Gasteiger partial charge in [-0.25, -0.2) is 8.42 Å². The molecule has 1 fully saturated rings. The number of piperidine rings is 1. The Labute approximate surface area is 137 Å². The summed E-state index contributed by atoms with van der Waals surface area (Å²) in [4.78, 5) is 6.45. The predicted octanol–water partition coefficient (Wildman–Crippen LogP) is 2.84. The van der Waals surface area contributed by atoms with Crippen LogP contribution in [0.2, 0.25) is 0 Å². The second-order valence-electron chi connectivity index (χ2n) is 5.96. The average molecular weight is 331 g/mol. The van der Waals surface area contributed by atoms with Crippen LogP contribution in [0.5, 0.6) is 0 Å². The van der Waals surface area contributed by atoms with Crippen LogP contribution in [-0.2, 0) is 10.0 Å². The second kappa shape index (κ2) is 6.58. The number of benzene rings is 1. The Bertz CT molecular complexity index is 737. The Morgan fingerprint density at radius 2 is 1.65 bits per heavy atom. The van der Waals surface area contributed by atoms with Gasteiger partial charge < -0.3 is 4.90 Å². The molecule has 1 aliphatic rings. The van der Waals surface area contributed by atoms with Gasteiger partial charge in [0.25, 0.3) is 0 Å². The van der Waals surface area contributed by atoms with Gasteiger partial charge in [-0.05, 0) is 48.6 Å². The lowest BCUT2D eigenvalue weighted by Gasteiger charge is -2.33. The third kappa shape index (κ3) is 4.22. The van der Waals surface area contributed by atoms with E-state index in [4.69, 9.17) is 0 Å². The fraction of sp³-hybridized carbons (Fsp3) is 0.353. The Kier molecular flexibility index (Phi) is 4.52. The predicted molar refractivity (Wildman–Crippen MR) is 93.3 cm³/mol. The van der Waals surface area contributed by atoms with Gasteiger partial charge in [0.15, 0.2) is 0 Å². The fourth-order valence-corrected chi connectivity index (χ4v) is 3.63. The van der Waals surface area contributed by atoms with E-state index in [0.717, 1.165) is 32.2 Å². The molecule has 1 aliphatic heterocycles. The van der Waals surface area contributed by atoms with Crippen molar-refractivity contribution in [3.63, 3.8) is 0 Å². The zero-order valence-corrected chi connectivity index (χ0v) is 14.0. The summed E-state index contributed by atoms with van der Waals surface area (Å²) in [5.41, 5.74) is 3.12. The van der Waals surface area contributed by atoms with Crippen molar-refractivity contribution in [1.82, 2.24) is 4.98 Å². The normalized spacial score (nSPS) is 16.3. The van der Waals surface area contributed by atoms with Crippen LogP contribution in [0.25, 0.3) is 0 Å². The fourth-order valence-electron chi connectivity index (χ4n) is 3.06. The lowest BCUT2D eigenvalue weighted by atomic mass is 9.89. The summed E-state index contributed by atoms with van der Waals surface area (Å²) >= 11 is 0. The smallest absolute Gasteiger partial charge is 0.229 e. The summed E-state index contributed by atoms with van der Waals surface area (Å²) in [6, 6.07) is 11.8. The monoisotopic (exact) mass is 331 g/mol. The summed E-state index contributed by atoms with van der Waals surface area (Å²) in [5.74, 6) is 0.528. The third-order valence-electron chi connectivity index (χ3n) is 4.21. The van der Waals surface area contributed by atoms with E-state index >= 15 is 0 Å². The van der Waals surface area contributed by atoms with Gasteiger partial charge in [0.05, 0.1) is 6.26 Å². The van der Waals surface area contributed by atoms with Crippen molar-refractivity contribution >= 4 is 21.4 Å². The maximum Gasteiger partial charge on any atom is 0.229 e. The van der Waals surface area contributed by atoms with Crippen LogP contribution in [0.3, 0.4) is 0 Å². The highest BCUT2D eigenvalue weighted by atomic mass is 32.2. The first kappa shape index (κ1) is 15.8. The molecule has 2 aromatic rings. The molecule has 0 amide bonds. The molecule has 1 saturated heterocycles. The molecule has 0 radical (unpaired) electrons. The van der Waals surface area contributed by atoms with Gasteiger partial charge in [-0.1, -0.05) is 12.1 Å². The van der Waals surface area contributed by atoms with Gasteiger partial charge in [0.1, 0.15) is 0 Å². The highest BCUT2D eigenvalue weighted by Crippen LogP contribution is 2.30. The van der Waals surface area contributed by atoms with Crippen LogP contribution in [0.4, 0.5) is 11.4 Å². The number of nitrogens with zero attached hydrogens (tertiary/aromatic N) is 2. The molecule has 2 heterocycles. The van der Waals surface area contributed by atoms with Crippen LogP contribution in [0, 0.1) is 0 Å². The van der Waals surface area contributed by atoms with Crippen molar-refractivity contribution in [3.8, 4) is 0 Å². The molecule has 0 spiro atoms. The lowest BCUT2D eigenvalue weighted by molar-refractivity contribution is 0.505. The average Bonchev–Trinajstić information content (AvgIpc) is 2.55. The van der Waals surface area contributed by atoms with Crippen molar-refractivity contribution in [2.24, 2.45) is 0 Å². The second-order valence-corrected chi connectivity index (χ2v) is 7.71. The topological polar surface area (TPSA) is 62.3 Å². The van der Waals surface area contributed by atoms with E-state index in [-0.39, 0.29) is 0 Å². The molecule has 1 aromatic carbocycles. The molecule has 0 bridgehead atoms. The van der Waals surface area contributed by atoms with Crippen molar-refractivity contribution in [2.75, 3.05) is 29.0 Å². The molecule has 1 aromatic heterocycles. The van der Waals surface area contributed by atoms with Gasteiger partial charge in [0, 0.05) is 36.9 Å². The number of nitrogens with one attached hydrogen (secondary N) is 1. The zero-order valence-electron chi connectivity index (χ0n) is 13.1. The number of rotatable bonds is 4. The highest BCUT2D eigenvalue weighted by Gasteiger charge is 2.20. The van der Waals surface area contributed by atoms with Crippen LogP contribution in [0.1, 0.15) is 24.3 Å². The molecule has 0 atom stereocenters. The molecular weight excluding hydrogens is 310 g/mol. The summed E-state index contributed by atoms with van der Waals surface area (Å²) in [7, 11) is -3.21. The SMILES string of the molecule is CS(=O)(=O)Nc1ccc(C2CCN(c3ccncc3)CC2)cc1. The Morgan fingerprint density at radius 1 is 1.04 bits per heavy atom. The number of anilines is 2. The van der Waals surface area contributed by atoms with Crippen molar-refractivity contribution < 1.29 is 8.42 Å². The summed E-state index contributed by atoms with van der Waals surface area (Å²) in [6.07, 6.45) is 7.02. The minimum atomic E-state index is -3.21. The minimum Gasteiger partial charge on any atom is -0.371 e. The van der Waals surface area contributed by atoms with Gasteiger partial charge in [-0.3, -0.25) is 9.71 Å².